The van der Waals surface area contributed by atoms with Crippen molar-refractivity contribution in [3.8, 4) is 0 Å². The molecule has 0 saturated carbocycles. The molecule has 0 N–H and O–H groups in total. The maximum Gasteiger partial charge on any atom is 0.222 e. The van der Waals surface area contributed by atoms with Crippen LogP contribution in [0.3, 0.4) is 0 Å². The number of carbonyl (C=O) groups excluding carboxylic acids is 1. The SMILES string of the molecule is O=C(CCCCc1ccccc1)N1CCC(c2cccs2)S(=O)(=O)CC1. The third-order valence-electron chi connectivity index (χ3n) is 4.90. The summed E-state index contributed by atoms with van der Waals surface area (Å²) in [4.78, 5) is 15.1. The van der Waals surface area contributed by atoms with Crippen LogP contribution in [-0.2, 0) is 21.1 Å². The zero-order valence-electron chi connectivity index (χ0n) is 14.8. The van der Waals surface area contributed by atoms with Gasteiger partial charge in [-0.3, -0.25) is 4.79 Å². The summed E-state index contributed by atoms with van der Waals surface area (Å²) in [6.07, 6.45) is 3.78. The van der Waals surface area contributed by atoms with Crippen LogP contribution < -0.4 is 0 Å². The molecule has 0 spiro atoms. The first-order valence-corrected chi connectivity index (χ1v) is 11.7. The normalized spacial score (nSPS) is 19.8. The molecule has 1 aromatic heterocycles. The van der Waals surface area contributed by atoms with E-state index in [1.165, 1.54) is 16.9 Å². The minimum atomic E-state index is -3.19. The lowest BCUT2D eigenvalue weighted by Gasteiger charge is -2.19. The average Bonchev–Trinajstić information content (AvgIpc) is 3.11. The number of nitrogens with zero attached hydrogens (tertiary/aromatic N) is 1. The highest BCUT2D eigenvalue weighted by Crippen LogP contribution is 2.32. The number of thiophene rings is 1. The van der Waals surface area contributed by atoms with E-state index in [-0.39, 0.29) is 11.7 Å². The fraction of sp³-hybridized carbons (Fsp3) is 0.450. The van der Waals surface area contributed by atoms with Crippen molar-refractivity contribution in [1.29, 1.82) is 0 Å². The van der Waals surface area contributed by atoms with Crippen molar-refractivity contribution in [2.45, 2.75) is 37.4 Å². The van der Waals surface area contributed by atoms with Crippen molar-refractivity contribution in [2.24, 2.45) is 0 Å². The highest BCUT2D eigenvalue weighted by Gasteiger charge is 2.32. The van der Waals surface area contributed by atoms with E-state index in [9.17, 15) is 13.2 Å². The molecule has 26 heavy (non-hydrogen) atoms. The van der Waals surface area contributed by atoms with Crippen molar-refractivity contribution in [2.75, 3.05) is 18.8 Å². The van der Waals surface area contributed by atoms with Crippen LogP contribution in [0.5, 0.6) is 0 Å². The number of rotatable bonds is 6. The first-order valence-electron chi connectivity index (χ1n) is 9.13. The quantitative estimate of drug-likeness (QED) is 0.703. The van der Waals surface area contributed by atoms with Crippen LogP contribution in [0, 0.1) is 0 Å². The summed E-state index contributed by atoms with van der Waals surface area (Å²) >= 11 is 1.48. The van der Waals surface area contributed by atoms with Crippen LogP contribution in [0.15, 0.2) is 47.8 Å². The Morgan fingerprint density at radius 3 is 2.62 bits per heavy atom. The van der Waals surface area contributed by atoms with Gasteiger partial charge in [-0.25, -0.2) is 8.42 Å². The number of benzene rings is 1. The Morgan fingerprint density at radius 1 is 1.08 bits per heavy atom. The molecule has 0 aliphatic carbocycles. The van der Waals surface area contributed by atoms with Gasteiger partial charge in [-0.15, -0.1) is 11.3 Å². The summed E-state index contributed by atoms with van der Waals surface area (Å²) in [5, 5.41) is 1.45. The fourth-order valence-electron chi connectivity index (χ4n) is 3.40. The summed E-state index contributed by atoms with van der Waals surface area (Å²) in [6, 6.07) is 14.0. The second kappa shape index (κ2) is 8.82. The number of amides is 1. The lowest BCUT2D eigenvalue weighted by atomic mass is 10.1. The Morgan fingerprint density at radius 2 is 1.88 bits per heavy atom. The minimum Gasteiger partial charge on any atom is -0.342 e. The van der Waals surface area contributed by atoms with Crippen molar-refractivity contribution in [3.63, 3.8) is 0 Å². The monoisotopic (exact) mass is 391 g/mol. The molecule has 1 amide bonds. The topological polar surface area (TPSA) is 54.5 Å². The van der Waals surface area contributed by atoms with E-state index in [0.29, 0.717) is 25.9 Å². The summed E-state index contributed by atoms with van der Waals surface area (Å²) in [7, 11) is -3.19. The number of hydrogen-bond acceptors (Lipinski definition) is 4. The van der Waals surface area contributed by atoms with Gasteiger partial charge in [0.1, 0.15) is 0 Å². The van der Waals surface area contributed by atoms with Crippen LogP contribution in [0.2, 0.25) is 0 Å². The van der Waals surface area contributed by atoms with E-state index >= 15 is 0 Å². The average molecular weight is 392 g/mol. The standard InChI is InChI=1S/C20H25NO3S2/c22-20(11-5-4-9-17-7-2-1-3-8-17)21-13-12-19(18-10-6-15-25-18)26(23,24)16-14-21/h1-3,6-8,10,15,19H,4-5,9,11-14,16H2. The molecule has 0 bridgehead atoms. The molecule has 1 unspecified atom stereocenters. The smallest absolute Gasteiger partial charge is 0.222 e. The Kier molecular flexibility index (Phi) is 6.48. The number of carbonyl (C=O) groups is 1. The molecule has 1 atom stereocenters. The molecular weight excluding hydrogens is 366 g/mol. The number of aryl methyl sites for hydroxylation is 1. The van der Waals surface area contributed by atoms with E-state index in [1.54, 1.807) is 4.90 Å². The zero-order chi connectivity index (χ0) is 18.4. The Balaban J connectivity index is 1.49. The van der Waals surface area contributed by atoms with Gasteiger partial charge in [0.05, 0.1) is 11.0 Å². The van der Waals surface area contributed by atoms with Crippen LogP contribution in [0.1, 0.15) is 41.4 Å². The van der Waals surface area contributed by atoms with Crippen LogP contribution in [0.4, 0.5) is 0 Å². The molecule has 3 rings (SSSR count). The van der Waals surface area contributed by atoms with E-state index in [1.807, 2.05) is 35.7 Å². The highest BCUT2D eigenvalue weighted by molar-refractivity contribution is 7.91. The van der Waals surface area contributed by atoms with Crippen molar-refractivity contribution in [3.05, 3.63) is 58.3 Å². The van der Waals surface area contributed by atoms with Crippen LogP contribution >= 0.6 is 11.3 Å². The molecule has 1 aliphatic heterocycles. The summed E-state index contributed by atoms with van der Waals surface area (Å²) < 4.78 is 25.1. The molecule has 4 nitrogen and oxygen atoms in total. The predicted molar refractivity (Wildman–Crippen MR) is 106 cm³/mol. The Labute approximate surface area is 159 Å². The van der Waals surface area contributed by atoms with E-state index in [4.69, 9.17) is 0 Å². The van der Waals surface area contributed by atoms with Gasteiger partial charge in [0.25, 0.3) is 0 Å². The summed E-state index contributed by atoms with van der Waals surface area (Å²) in [5.74, 6) is 0.144. The third-order valence-corrected chi connectivity index (χ3v) is 8.15. The Hall–Kier alpha value is -1.66. The van der Waals surface area contributed by atoms with Gasteiger partial charge in [0.15, 0.2) is 9.84 Å². The lowest BCUT2D eigenvalue weighted by Crippen LogP contribution is -2.33. The van der Waals surface area contributed by atoms with E-state index in [0.717, 1.165) is 24.1 Å². The number of hydrogen-bond donors (Lipinski definition) is 0. The largest absolute Gasteiger partial charge is 0.342 e. The molecule has 1 saturated heterocycles. The Bertz CT molecular complexity index is 801. The first-order chi connectivity index (χ1) is 12.6. The minimum absolute atomic E-state index is 0.0608. The van der Waals surface area contributed by atoms with Crippen molar-refractivity contribution >= 4 is 27.1 Å². The molecule has 6 heteroatoms. The molecule has 0 radical (unpaired) electrons. The van der Waals surface area contributed by atoms with Gasteiger partial charge >= 0.3 is 0 Å². The molecular formula is C20H25NO3S2. The van der Waals surface area contributed by atoms with Gasteiger partial charge in [-0.1, -0.05) is 36.4 Å². The maximum atomic E-state index is 12.6. The predicted octanol–water partition coefficient (Wildman–Crippen LogP) is 3.85. The van der Waals surface area contributed by atoms with Crippen molar-refractivity contribution < 1.29 is 13.2 Å². The van der Waals surface area contributed by atoms with Crippen LogP contribution in [-0.4, -0.2) is 38.1 Å². The molecule has 1 fully saturated rings. The van der Waals surface area contributed by atoms with E-state index in [2.05, 4.69) is 12.1 Å². The first kappa shape index (κ1) is 19.1. The summed E-state index contributed by atoms with van der Waals surface area (Å²) in [6.45, 7) is 0.848. The number of sulfone groups is 1. The molecule has 2 heterocycles. The van der Waals surface area contributed by atoms with Crippen LogP contribution in [0.25, 0.3) is 0 Å². The molecule has 140 valence electrons. The van der Waals surface area contributed by atoms with Gasteiger partial charge in [0, 0.05) is 24.4 Å². The highest BCUT2D eigenvalue weighted by atomic mass is 32.2. The summed E-state index contributed by atoms with van der Waals surface area (Å²) in [5.41, 5.74) is 1.29. The van der Waals surface area contributed by atoms with Gasteiger partial charge in [-0.05, 0) is 42.7 Å². The van der Waals surface area contributed by atoms with E-state index < -0.39 is 15.1 Å². The molecule has 1 aliphatic rings. The van der Waals surface area contributed by atoms with Gasteiger partial charge < -0.3 is 4.90 Å². The zero-order valence-corrected chi connectivity index (χ0v) is 16.5. The van der Waals surface area contributed by atoms with Gasteiger partial charge in [0.2, 0.25) is 5.91 Å². The lowest BCUT2D eigenvalue weighted by molar-refractivity contribution is -0.131. The maximum absolute atomic E-state index is 12.6. The molecule has 2 aromatic rings. The van der Waals surface area contributed by atoms with Crippen molar-refractivity contribution in [1.82, 2.24) is 4.90 Å². The second-order valence-electron chi connectivity index (χ2n) is 6.73. The second-order valence-corrected chi connectivity index (χ2v) is 10.0. The molecule has 1 aromatic carbocycles. The fourth-order valence-corrected chi connectivity index (χ4v) is 6.40. The number of unbranched alkanes of at least 4 members (excludes halogenated alkanes) is 1. The van der Waals surface area contributed by atoms with Gasteiger partial charge in [-0.2, -0.15) is 0 Å². The third kappa shape index (κ3) is 4.95.